The molecule has 1 saturated carbocycles. The second-order valence-corrected chi connectivity index (χ2v) is 6.75. The van der Waals surface area contributed by atoms with E-state index in [9.17, 15) is 14.7 Å². The van der Waals surface area contributed by atoms with Crippen molar-refractivity contribution in [2.75, 3.05) is 4.90 Å². The topological polar surface area (TPSA) is 57.6 Å². The molecule has 0 bridgehead atoms. The fraction of sp³-hybridized carbons (Fsp3) is 0.444. The standard InChI is InChI=1S/C18H20ClNO3/c1-11(21)15-16(12-5-3-2-4-6-12)20(18(23)17(15)22)14-9-7-13(19)8-10-14/h7-10,12,16,22H,2-6H2,1H3. The molecule has 1 amide bonds. The first-order valence-corrected chi connectivity index (χ1v) is 8.41. The maximum Gasteiger partial charge on any atom is 0.294 e. The molecule has 1 fully saturated rings. The number of aliphatic hydroxyl groups excluding tert-OH is 1. The molecule has 1 atom stereocenters. The Kier molecular flexibility index (Phi) is 4.44. The van der Waals surface area contributed by atoms with E-state index in [0.29, 0.717) is 10.7 Å². The van der Waals surface area contributed by atoms with Gasteiger partial charge in [-0.25, -0.2) is 0 Å². The van der Waals surface area contributed by atoms with Crippen molar-refractivity contribution < 1.29 is 14.7 Å². The summed E-state index contributed by atoms with van der Waals surface area (Å²) in [7, 11) is 0. The number of carbonyl (C=O) groups excluding carboxylic acids is 2. The highest BCUT2D eigenvalue weighted by atomic mass is 35.5. The minimum atomic E-state index is -0.493. The number of nitrogens with zero attached hydrogens (tertiary/aromatic N) is 1. The summed E-state index contributed by atoms with van der Waals surface area (Å²) in [6.07, 6.45) is 5.30. The fourth-order valence-corrected chi connectivity index (χ4v) is 3.90. The number of halogens is 1. The van der Waals surface area contributed by atoms with E-state index < -0.39 is 11.7 Å². The molecule has 0 saturated heterocycles. The van der Waals surface area contributed by atoms with Crippen LogP contribution in [0.3, 0.4) is 0 Å². The summed E-state index contributed by atoms with van der Waals surface area (Å²) in [6, 6.07) is 6.57. The molecule has 1 aliphatic heterocycles. The van der Waals surface area contributed by atoms with Crippen LogP contribution in [0.5, 0.6) is 0 Å². The van der Waals surface area contributed by atoms with Gasteiger partial charge in [0.2, 0.25) is 0 Å². The Morgan fingerprint density at radius 1 is 1.17 bits per heavy atom. The third kappa shape index (κ3) is 2.88. The van der Waals surface area contributed by atoms with Gasteiger partial charge >= 0.3 is 0 Å². The minimum Gasteiger partial charge on any atom is -0.503 e. The van der Waals surface area contributed by atoms with Gasteiger partial charge in [0.25, 0.3) is 5.91 Å². The van der Waals surface area contributed by atoms with E-state index in [2.05, 4.69) is 0 Å². The van der Waals surface area contributed by atoms with Crippen molar-refractivity contribution in [1.82, 2.24) is 0 Å². The summed E-state index contributed by atoms with van der Waals surface area (Å²) >= 11 is 5.93. The van der Waals surface area contributed by atoms with Gasteiger partial charge in [0, 0.05) is 10.7 Å². The van der Waals surface area contributed by atoms with Gasteiger partial charge in [-0.1, -0.05) is 30.9 Å². The summed E-state index contributed by atoms with van der Waals surface area (Å²) < 4.78 is 0. The zero-order chi connectivity index (χ0) is 16.6. The van der Waals surface area contributed by atoms with Gasteiger partial charge in [-0.05, 0) is 49.9 Å². The highest BCUT2D eigenvalue weighted by Crippen LogP contribution is 2.40. The predicted molar refractivity (Wildman–Crippen MR) is 89.6 cm³/mol. The van der Waals surface area contributed by atoms with E-state index in [-0.39, 0.29) is 23.3 Å². The van der Waals surface area contributed by atoms with Crippen LogP contribution in [0.25, 0.3) is 0 Å². The molecule has 1 N–H and O–H groups in total. The molecule has 0 spiro atoms. The lowest BCUT2D eigenvalue weighted by molar-refractivity contribution is -0.117. The normalized spacial score (nSPS) is 22.8. The van der Waals surface area contributed by atoms with Gasteiger partial charge in [0.1, 0.15) is 0 Å². The average Bonchev–Trinajstić information content (AvgIpc) is 2.81. The minimum absolute atomic E-state index is 0.201. The molecule has 5 heteroatoms. The predicted octanol–water partition coefficient (Wildman–Crippen LogP) is 4.04. The van der Waals surface area contributed by atoms with E-state index in [0.717, 1.165) is 25.7 Å². The molecule has 1 unspecified atom stereocenters. The quantitative estimate of drug-likeness (QED) is 0.908. The largest absolute Gasteiger partial charge is 0.503 e. The maximum atomic E-state index is 12.6. The number of aliphatic hydroxyl groups is 1. The number of rotatable bonds is 3. The Labute approximate surface area is 140 Å². The van der Waals surface area contributed by atoms with Crippen molar-refractivity contribution in [1.29, 1.82) is 0 Å². The third-order valence-electron chi connectivity index (χ3n) is 4.83. The Hall–Kier alpha value is -1.81. The van der Waals surface area contributed by atoms with E-state index in [4.69, 9.17) is 11.6 Å². The molecule has 3 rings (SSSR count). The molecule has 1 aromatic rings. The Balaban J connectivity index is 2.04. The summed E-state index contributed by atoms with van der Waals surface area (Å²) in [5, 5.41) is 10.8. The zero-order valence-corrected chi connectivity index (χ0v) is 13.8. The number of ketones is 1. The molecular formula is C18H20ClNO3. The van der Waals surface area contributed by atoms with Gasteiger partial charge in [0.15, 0.2) is 11.5 Å². The van der Waals surface area contributed by atoms with Crippen molar-refractivity contribution in [3.63, 3.8) is 0 Å². The molecule has 1 aliphatic carbocycles. The smallest absolute Gasteiger partial charge is 0.294 e. The van der Waals surface area contributed by atoms with Crippen LogP contribution >= 0.6 is 11.6 Å². The fourth-order valence-electron chi connectivity index (χ4n) is 3.78. The first-order chi connectivity index (χ1) is 11.0. The summed E-state index contributed by atoms with van der Waals surface area (Å²) in [6.45, 7) is 1.42. The number of hydrogen-bond donors (Lipinski definition) is 1. The number of carbonyl (C=O) groups is 2. The molecule has 0 aromatic heterocycles. The number of benzene rings is 1. The first kappa shape index (κ1) is 16.1. The van der Waals surface area contributed by atoms with E-state index >= 15 is 0 Å². The van der Waals surface area contributed by atoms with E-state index in [1.54, 1.807) is 29.2 Å². The Morgan fingerprint density at radius 2 is 1.78 bits per heavy atom. The second-order valence-electron chi connectivity index (χ2n) is 6.31. The second kappa shape index (κ2) is 6.36. The molecule has 4 nitrogen and oxygen atoms in total. The lowest BCUT2D eigenvalue weighted by Crippen LogP contribution is -2.42. The highest BCUT2D eigenvalue weighted by molar-refractivity contribution is 6.30. The lowest BCUT2D eigenvalue weighted by Gasteiger charge is -2.35. The van der Waals surface area contributed by atoms with Crippen molar-refractivity contribution >= 4 is 29.0 Å². The number of hydrogen-bond acceptors (Lipinski definition) is 3. The van der Waals surface area contributed by atoms with Crippen LogP contribution < -0.4 is 4.90 Å². The van der Waals surface area contributed by atoms with Gasteiger partial charge in [-0.3, -0.25) is 14.5 Å². The van der Waals surface area contributed by atoms with Crippen LogP contribution in [-0.2, 0) is 9.59 Å². The third-order valence-corrected chi connectivity index (χ3v) is 5.08. The van der Waals surface area contributed by atoms with E-state index in [1.807, 2.05) is 0 Å². The summed E-state index contributed by atoms with van der Waals surface area (Å²) in [5.74, 6) is -0.925. The van der Waals surface area contributed by atoms with E-state index in [1.165, 1.54) is 13.3 Å². The molecule has 1 heterocycles. The lowest BCUT2D eigenvalue weighted by atomic mass is 9.80. The maximum absolute atomic E-state index is 12.6. The van der Waals surface area contributed by atoms with Crippen molar-refractivity contribution in [3.8, 4) is 0 Å². The van der Waals surface area contributed by atoms with Gasteiger partial charge < -0.3 is 5.11 Å². The average molecular weight is 334 g/mol. The Bertz CT molecular complexity index is 659. The molecule has 1 aromatic carbocycles. The Morgan fingerprint density at radius 3 is 2.35 bits per heavy atom. The first-order valence-electron chi connectivity index (χ1n) is 8.04. The SMILES string of the molecule is CC(=O)C1=C(O)C(=O)N(c2ccc(Cl)cc2)C1C1CCCCC1. The highest BCUT2D eigenvalue weighted by Gasteiger charge is 2.46. The van der Waals surface area contributed by atoms with Gasteiger partial charge in [0.05, 0.1) is 11.6 Å². The summed E-state index contributed by atoms with van der Waals surface area (Å²) in [4.78, 5) is 26.2. The molecule has 122 valence electrons. The zero-order valence-electron chi connectivity index (χ0n) is 13.1. The van der Waals surface area contributed by atoms with Crippen LogP contribution in [-0.4, -0.2) is 22.8 Å². The molecule has 2 aliphatic rings. The summed E-state index contributed by atoms with van der Waals surface area (Å²) in [5.41, 5.74) is 0.926. The van der Waals surface area contributed by atoms with Gasteiger partial charge in [-0.2, -0.15) is 0 Å². The van der Waals surface area contributed by atoms with Crippen molar-refractivity contribution in [2.45, 2.75) is 45.1 Å². The van der Waals surface area contributed by atoms with Crippen LogP contribution in [0.1, 0.15) is 39.0 Å². The monoisotopic (exact) mass is 333 g/mol. The number of amides is 1. The van der Waals surface area contributed by atoms with Crippen LogP contribution in [0.15, 0.2) is 35.6 Å². The van der Waals surface area contributed by atoms with Crippen molar-refractivity contribution in [3.05, 3.63) is 40.6 Å². The molecule has 23 heavy (non-hydrogen) atoms. The number of Topliss-reactive ketones (excluding diaryl/α,β-unsaturated/α-hetero) is 1. The molecular weight excluding hydrogens is 314 g/mol. The van der Waals surface area contributed by atoms with Crippen molar-refractivity contribution in [2.24, 2.45) is 5.92 Å². The van der Waals surface area contributed by atoms with Gasteiger partial charge in [-0.15, -0.1) is 0 Å². The number of anilines is 1. The molecule has 0 radical (unpaired) electrons. The van der Waals surface area contributed by atoms with Crippen LogP contribution in [0, 0.1) is 5.92 Å². The van der Waals surface area contributed by atoms with Crippen LogP contribution in [0.2, 0.25) is 5.02 Å². The van der Waals surface area contributed by atoms with Crippen LogP contribution in [0.4, 0.5) is 5.69 Å².